The Hall–Kier alpha value is -4.42. The molecule has 1 atom stereocenters. The number of ether oxygens (including phenoxy) is 2. The molecule has 0 aliphatic carbocycles. The van der Waals surface area contributed by atoms with Gasteiger partial charge in [-0.1, -0.05) is 48.0 Å². The molecule has 214 valence electrons. The number of amides is 1. The molecule has 0 fully saturated rings. The highest BCUT2D eigenvalue weighted by Crippen LogP contribution is 2.19. The molecule has 1 amide bonds. The molecule has 11 nitrogen and oxygen atoms in total. The molecule has 0 spiro atoms. The van der Waals surface area contributed by atoms with Crippen molar-refractivity contribution in [3.63, 3.8) is 0 Å². The quantitative estimate of drug-likeness (QED) is 0.108. The zero-order valence-corrected chi connectivity index (χ0v) is 23.5. The lowest BCUT2D eigenvalue weighted by atomic mass is 10.1. The Morgan fingerprint density at radius 3 is 2.02 bits per heavy atom. The summed E-state index contributed by atoms with van der Waals surface area (Å²) < 4.78 is 40.2. The van der Waals surface area contributed by atoms with Crippen LogP contribution in [-0.2, 0) is 26.1 Å². The zero-order valence-electron chi connectivity index (χ0n) is 22.7. The Morgan fingerprint density at radius 1 is 0.950 bits per heavy atom. The number of guanidine groups is 1. The molecule has 3 aromatic rings. The van der Waals surface area contributed by atoms with E-state index in [2.05, 4.69) is 10.3 Å². The number of carbonyl (C=O) groups excluding carboxylic acids is 2. The van der Waals surface area contributed by atoms with E-state index in [4.69, 9.17) is 25.5 Å². The first-order chi connectivity index (χ1) is 18.6. The van der Waals surface area contributed by atoms with Crippen LogP contribution in [0.3, 0.4) is 0 Å². The van der Waals surface area contributed by atoms with Crippen molar-refractivity contribution in [3.05, 3.63) is 90.0 Å². The van der Waals surface area contributed by atoms with Crippen LogP contribution >= 0.6 is 0 Å². The van der Waals surface area contributed by atoms with Gasteiger partial charge in [0.25, 0.3) is 10.1 Å². The van der Waals surface area contributed by atoms with Crippen LogP contribution in [-0.4, -0.2) is 42.6 Å². The number of hydrogen-bond donors (Lipinski definition) is 4. The van der Waals surface area contributed by atoms with Crippen LogP contribution in [0.4, 0.5) is 10.5 Å². The molecule has 0 saturated carbocycles. The van der Waals surface area contributed by atoms with E-state index in [1.807, 2.05) is 37.3 Å². The third-order valence-electron chi connectivity index (χ3n) is 4.89. The summed E-state index contributed by atoms with van der Waals surface area (Å²) >= 11 is 0. The standard InChI is InChI=1S/C21H26N4O4.C7H8O3S/c1-21(2,3)29-20(27)25-17(13-14-7-5-4-6-8-14)18(26)28-16-11-9-15(10-12-16)24-19(22)23;1-6-2-4-7(5-3-6)11(8,9)10/h4-12,17H,13H2,1-3H3,(H,25,27)(H4,22,23,24);2-5H,1H3,(H,8,9,10)/t17-;/m0./s1. The van der Waals surface area contributed by atoms with E-state index in [1.165, 1.54) is 12.1 Å². The summed E-state index contributed by atoms with van der Waals surface area (Å²) in [4.78, 5) is 28.7. The van der Waals surface area contributed by atoms with Gasteiger partial charge in [-0.15, -0.1) is 0 Å². The summed E-state index contributed by atoms with van der Waals surface area (Å²) in [6.07, 6.45) is -0.441. The minimum Gasteiger partial charge on any atom is -0.444 e. The van der Waals surface area contributed by atoms with Crippen molar-refractivity contribution in [2.45, 2.75) is 50.7 Å². The molecule has 3 aromatic carbocycles. The average Bonchev–Trinajstić information content (AvgIpc) is 2.84. The number of benzene rings is 3. The Kier molecular flexibility index (Phi) is 11.2. The fraction of sp³-hybridized carbons (Fsp3) is 0.250. The van der Waals surface area contributed by atoms with Crippen molar-refractivity contribution < 1.29 is 32.0 Å². The van der Waals surface area contributed by atoms with E-state index in [-0.39, 0.29) is 17.3 Å². The van der Waals surface area contributed by atoms with E-state index >= 15 is 0 Å². The van der Waals surface area contributed by atoms with E-state index in [0.717, 1.165) is 11.1 Å². The number of carbonyl (C=O) groups is 2. The first kappa shape index (κ1) is 31.8. The van der Waals surface area contributed by atoms with Gasteiger partial charge in [-0.3, -0.25) is 4.55 Å². The van der Waals surface area contributed by atoms with Crippen LogP contribution in [0.15, 0.2) is 88.8 Å². The third-order valence-corrected chi connectivity index (χ3v) is 5.76. The summed E-state index contributed by atoms with van der Waals surface area (Å²) in [5.74, 6) is -0.387. The maximum absolute atomic E-state index is 12.7. The van der Waals surface area contributed by atoms with Crippen molar-refractivity contribution in [3.8, 4) is 5.75 Å². The van der Waals surface area contributed by atoms with Gasteiger partial charge < -0.3 is 26.3 Å². The van der Waals surface area contributed by atoms with Gasteiger partial charge in [0, 0.05) is 6.42 Å². The number of rotatable bonds is 7. The van der Waals surface area contributed by atoms with Gasteiger partial charge in [-0.05, 0) is 69.7 Å². The molecular weight excluding hydrogens is 536 g/mol. The predicted octanol–water partition coefficient (Wildman–Crippen LogP) is 3.87. The first-order valence-electron chi connectivity index (χ1n) is 12.1. The minimum atomic E-state index is -4.02. The number of aliphatic imine (C=N–C) groups is 1. The van der Waals surface area contributed by atoms with E-state index < -0.39 is 33.8 Å². The van der Waals surface area contributed by atoms with Gasteiger partial charge in [-0.25, -0.2) is 14.6 Å². The molecule has 40 heavy (non-hydrogen) atoms. The Morgan fingerprint density at radius 2 is 1.52 bits per heavy atom. The SMILES string of the molecule is CC(C)(C)OC(=O)N[C@@H](Cc1ccccc1)C(=O)Oc1ccc(N=C(N)N)cc1.Cc1ccc(S(=O)(=O)O)cc1. The van der Waals surface area contributed by atoms with Crippen LogP contribution in [0, 0.1) is 6.92 Å². The molecule has 6 N–H and O–H groups in total. The predicted molar refractivity (Wildman–Crippen MR) is 152 cm³/mol. The molecule has 0 unspecified atom stereocenters. The van der Waals surface area contributed by atoms with Crippen LogP contribution < -0.4 is 21.5 Å². The second-order valence-corrected chi connectivity index (χ2v) is 11.0. The van der Waals surface area contributed by atoms with E-state index in [9.17, 15) is 18.0 Å². The molecule has 0 aliphatic rings. The van der Waals surface area contributed by atoms with Crippen molar-refractivity contribution >= 4 is 33.8 Å². The third kappa shape index (κ3) is 12.0. The first-order valence-corrected chi connectivity index (χ1v) is 13.6. The average molecular weight is 571 g/mol. The molecule has 0 aromatic heterocycles. The Balaban J connectivity index is 0.000000425. The lowest BCUT2D eigenvalue weighted by Crippen LogP contribution is -2.46. The summed E-state index contributed by atoms with van der Waals surface area (Å²) in [6, 6.07) is 20.7. The number of alkyl carbamates (subject to hydrolysis) is 1. The summed E-state index contributed by atoms with van der Waals surface area (Å²) in [5, 5.41) is 2.59. The molecule has 0 radical (unpaired) electrons. The fourth-order valence-corrected chi connectivity index (χ4v) is 3.61. The smallest absolute Gasteiger partial charge is 0.408 e. The van der Waals surface area contributed by atoms with Gasteiger partial charge in [-0.2, -0.15) is 8.42 Å². The molecule has 0 saturated heterocycles. The molecule has 3 rings (SSSR count). The zero-order chi connectivity index (χ0) is 29.9. The molecule has 0 aliphatic heterocycles. The normalized spacial score (nSPS) is 11.7. The number of nitrogens with zero attached hydrogens (tertiary/aromatic N) is 1. The van der Waals surface area contributed by atoms with Crippen molar-refractivity contribution in [1.29, 1.82) is 0 Å². The topological polar surface area (TPSA) is 183 Å². The largest absolute Gasteiger partial charge is 0.444 e. The number of hydrogen-bond acceptors (Lipinski definition) is 7. The van der Waals surface area contributed by atoms with E-state index in [1.54, 1.807) is 57.2 Å². The maximum Gasteiger partial charge on any atom is 0.408 e. The highest BCUT2D eigenvalue weighted by molar-refractivity contribution is 7.85. The Labute approximate surface area is 234 Å². The van der Waals surface area contributed by atoms with Gasteiger partial charge in [0.05, 0.1) is 10.6 Å². The lowest BCUT2D eigenvalue weighted by molar-refractivity contribution is -0.136. The number of aryl methyl sites for hydroxylation is 1. The number of nitrogens with one attached hydrogen (secondary N) is 1. The van der Waals surface area contributed by atoms with Crippen molar-refractivity contribution in [2.75, 3.05) is 0 Å². The van der Waals surface area contributed by atoms with Gasteiger partial charge >= 0.3 is 12.1 Å². The highest BCUT2D eigenvalue weighted by atomic mass is 32.2. The van der Waals surface area contributed by atoms with Crippen LogP contribution in [0.1, 0.15) is 31.9 Å². The molecule has 12 heteroatoms. The summed E-state index contributed by atoms with van der Waals surface area (Å²) in [7, 11) is -4.02. The van der Waals surface area contributed by atoms with Crippen LogP contribution in [0.25, 0.3) is 0 Å². The molecular formula is C28H34N4O7S. The van der Waals surface area contributed by atoms with Crippen LogP contribution in [0.5, 0.6) is 5.75 Å². The van der Waals surface area contributed by atoms with Gasteiger partial charge in [0.15, 0.2) is 5.96 Å². The fourth-order valence-electron chi connectivity index (χ4n) is 3.13. The summed E-state index contributed by atoms with van der Waals surface area (Å²) in [6.45, 7) is 7.08. The molecule has 0 bridgehead atoms. The second-order valence-electron chi connectivity index (χ2n) is 9.63. The number of nitrogens with two attached hydrogens (primary N) is 2. The van der Waals surface area contributed by atoms with Crippen LogP contribution in [0.2, 0.25) is 0 Å². The minimum absolute atomic E-state index is 0.0666. The van der Waals surface area contributed by atoms with Gasteiger partial charge in [0.1, 0.15) is 17.4 Å². The monoisotopic (exact) mass is 570 g/mol. The highest BCUT2D eigenvalue weighted by Gasteiger charge is 2.26. The second kappa shape index (κ2) is 14.1. The number of esters is 1. The van der Waals surface area contributed by atoms with Crippen molar-refractivity contribution in [1.82, 2.24) is 5.32 Å². The maximum atomic E-state index is 12.7. The van der Waals surface area contributed by atoms with Crippen molar-refractivity contribution in [2.24, 2.45) is 16.5 Å². The summed E-state index contributed by atoms with van der Waals surface area (Å²) in [5.41, 5.74) is 12.3. The van der Waals surface area contributed by atoms with E-state index in [0.29, 0.717) is 11.4 Å². The molecule has 0 heterocycles. The lowest BCUT2D eigenvalue weighted by Gasteiger charge is -2.23. The Bertz CT molecular complexity index is 1400. The van der Waals surface area contributed by atoms with Gasteiger partial charge in [0.2, 0.25) is 0 Å².